The number of nitrogens with two attached hydrogens (primary N) is 2. The van der Waals surface area contributed by atoms with Crippen molar-refractivity contribution < 1.29 is 0 Å². The molecule has 70 valence electrons. The zero-order chi connectivity index (χ0) is 9.84. The summed E-state index contributed by atoms with van der Waals surface area (Å²) in [7, 11) is 0. The molecule has 1 aromatic rings. The van der Waals surface area contributed by atoms with Gasteiger partial charge in [-0.15, -0.1) is 0 Å². The zero-order valence-corrected chi connectivity index (χ0v) is 8.93. The minimum atomic E-state index is 0.111. The summed E-state index contributed by atoms with van der Waals surface area (Å²) < 4.78 is 0.875. The number of hydrazine groups is 1. The van der Waals surface area contributed by atoms with Crippen LogP contribution in [-0.2, 0) is 0 Å². The summed E-state index contributed by atoms with van der Waals surface area (Å²) in [6.45, 7) is 0. The summed E-state index contributed by atoms with van der Waals surface area (Å²) in [5.41, 5.74) is 8.14. The summed E-state index contributed by atoms with van der Waals surface area (Å²) in [4.78, 5) is 3.93. The fourth-order valence-electron chi connectivity index (χ4n) is 0.734. The first-order chi connectivity index (χ1) is 6.13. The minimum absolute atomic E-state index is 0.111. The summed E-state index contributed by atoms with van der Waals surface area (Å²) >= 11 is 9.13. The largest absolute Gasteiger partial charge is 0.369 e. The van der Waals surface area contributed by atoms with Gasteiger partial charge in [-0.2, -0.15) is 0 Å². The number of hydrogen-bond acceptors (Lipinski definition) is 2. The Bertz CT molecular complexity index is 339. The number of benzene rings is 1. The SMILES string of the molecule is NNC(N)=Nc1cc(Br)ccc1Cl. The predicted octanol–water partition coefficient (Wildman–Crippen LogP) is 1.51. The molecule has 0 amide bonds. The van der Waals surface area contributed by atoms with Gasteiger partial charge < -0.3 is 5.73 Å². The molecule has 0 bridgehead atoms. The number of aliphatic imine (C=N–C) groups is 1. The van der Waals surface area contributed by atoms with E-state index in [4.69, 9.17) is 23.2 Å². The monoisotopic (exact) mass is 262 g/mol. The molecule has 4 nitrogen and oxygen atoms in total. The van der Waals surface area contributed by atoms with Crippen molar-refractivity contribution in [3.63, 3.8) is 0 Å². The maximum absolute atomic E-state index is 5.85. The highest BCUT2D eigenvalue weighted by Crippen LogP contribution is 2.27. The summed E-state index contributed by atoms with van der Waals surface area (Å²) in [6.07, 6.45) is 0. The second kappa shape index (κ2) is 4.45. The topological polar surface area (TPSA) is 76.4 Å². The molecule has 0 aliphatic heterocycles. The van der Waals surface area contributed by atoms with Gasteiger partial charge in [0.05, 0.1) is 10.7 Å². The van der Waals surface area contributed by atoms with E-state index >= 15 is 0 Å². The van der Waals surface area contributed by atoms with Gasteiger partial charge in [-0.25, -0.2) is 10.8 Å². The molecule has 0 aliphatic rings. The molecular formula is C7H8BrClN4. The van der Waals surface area contributed by atoms with E-state index in [-0.39, 0.29) is 5.96 Å². The highest BCUT2D eigenvalue weighted by Gasteiger charge is 1.99. The molecule has 0 aromatic heterocycles. The Hall–Kier alpha value is -0.780. The van der Waals surface area contributed by atoms with Crippen LogP contribution in [0.2, 0.25) is 5.02 Å². The Balaban J connectivity index is 3.07. The normalized spacial score (nSPS) is 11.5. The Kier molecular flexibility index (Phi) is 3.53. The van der Waals surface area contributed by atoms with Gasteiger partial charge >= 0.3 is 0 Å². The number of nitrogens with one attached hydrogen (secondary N) is 1. The third-order valence-corrected chi connectivity index (χ3v) is 2.11. The molecule has 0 heterocycles. The van der Waals surface area contributed by atoms with Crippen molar-refractivity contribution in [2.45, 2.75) is 0 Å². The second-order valence-corrected chi connectivity index (χ2v) is 3.56. The number of halogens is 2. The van der Waals surface area contributed by atoms with Crippen LogP contribution in [0.5, 0.6) is 0 Å². The Morgan fingerprint density at radius 2 is 2.23 bits per heavy atom. The highest BCUT2D eigenvalue weighted by atomic mass is 79.9. The molecule has 5 N–H and O–H groups in total. The van der Waals surface area contributed by atoms with Crippen molar-refractivity contribution in [2.24, 2.45) is 16.6 Å². The molecular weight excluding hydrogens is 255 g/mol. The van der Waals surface area contributed by atoms with Crippen LogP contribution in [0.25, 0.3) is 0 Å². The van der Waals surface area contributed by atoms with Gasteiger partial charge in [0.25, 0.3) is 0 Å². The molecule has 0 saturated heterocycles. The lowest BCUT2D eigenvalue weighted by Crippen LogP contribution is -2.36. The maximum atomic E-state index is 5.85. The average molecular weight is 264 g/mol. The number of rotatable bonds is 1. The zero-order valence-electron chi connectivity index (χ0n) is 6.59. The summed E-state index contributed by atoms with van der Waals surface area (Å²) in [5.74, 6) is 5.16. The van der Waals surface area contributed by atoms with E-state index in [1.165, 1.54) is 0 Å². The van der Waals surface area contributed by atoms with E-state index in [1.807, 2.05) is 6.07 Å². The van der Waals surface area contributed by atoms with Crippen LogP contribution in [0.4, 0.5) is 5.69 Å². The predicted molar refractivity (Wildman–Crippen MR) is 57.8 cm³/mol. The van der Waals surface area contributed by atoms with E-state index in [0.717, 1.165) is 4.47 Å². The van der Waals surface area contributed by atoms with Crippen molar-refractivity contribution in [1.82, 2.24) is 5.43 Å². The number of guanidine groups is 1. The van der Waals surface area contributed by atoms with Gasteiger partial charge in [0.2, 0.25) is 5.96 Å². The smallest absolute Gasteiger partial charge is 0.208 e. The van der Waals surface area contributed by atoms with Crippen molar-refractivity contribution in [3.8, 4) is 0 Å². The quantitative estimate of drug-likeness (QED) is 0.311. The highest BCUT2D eigenvalue weighted by molar-refractivity contribution is 9.10. The maximum Gasteiger partial charge on any atom is 0.208 e. The first-order valence-electron chi connectivity index (χ1n) is 3.39. The van der Waals surface area contributed by atoms with Gasteiger partial charge in [0, 0.05) is 4.47 Å². The lowest BCUT2D eigenvalue weighted by Gasteiger charge is -2.01. The van der Waals surface area contributed by atoms with Gasteiger partial charge in [0.15, 0.2) is 0 Å². The Labute approximate surface area is 89.1 Å². The van der Waals surface area contributed by atoms with Gasteiger partial charge in [0.1, 0.15) is 0 Å². The van der Waals surface area contributed by atoms with Crippen LogP contribution in [0.1, 0.15) is 0 Å². The van der Waals surface area contributed by atoms with Crippen LogP contribution >= 0.6 is 27.5 Å². The lowest BCUT2D eigenvalue weighted by atomic mass is 10.3. The first-order valence-corrected chi connectivity index (χ1v) is 4.56. The van der Waals surface area contributed by atoms with Crippen molar-refractivity contribution in [3.05, 3.63) is 27.7 Å². The molecule has 13 heavy (non-hydrogen) atoms. The van der Waals surface area contributed by atoms with E-state index in [9.17, 15) is 0 Å². The summed E-state index contributed by atoms with van der Waals surface area (Å²) in [6, 6.07) is 5.27. The fraction of sp³-hybridized carbons (Fsp3) is 0. The molecule has 0 spiro atoms. The van der Waals surface area contributed by atoms with Crippen LogP contribution in [-0.4, -0.2) is 5.96 Å². The standard InChI is InChI=1S/C7H8BrClN4/c8-4-1-2-5(9)6(3-4)12-7(10)13-11/h1-3H,11H2,(H3,10,12,13). The van der Waals surface area contributed by atoms with E-state index in [0.29, 0.717) is 10.7 Å². The third-order valence-electron chi connectivity index (χ3n) is 1.30. The van der Waals surface area contributed by atoms with Crippen LogP contribution in [0.3, 0.4) is 0 Å². The first kappa shape index (κ1) is 10.3. The van der Waals surface area contributed by atoms with Gasteiger partial charge in [-0.1, -0.05) is 27.5 Å². The number of hydrogen-bond donors (Lipinski definition) is 3. The molecule has 0 aliphatic carbocycles. The van der Waals surface area contributed by atoms with Gasteiger partial charge in [-0.3, -0.25) is 5.43 Å². The minimum Gasteiger partial charge on any atom is -0.369 e. The molecule has 0 saturated carbocycles. The van der Waals surface area contributed by atoms with Crippen LogP contribution in [0, 0.1) is 0 Å². The molecule has 1 rings (SSSR count). The molecule has 0 atom stereocenters. The van der Waals surface area contributed by atoms with E-state index < -0.39 is 0 Å². The molecule has 0 unspecified atom stereocenters. The Morgan fingerprint density at radius 1 is 1.54 bits per heavy atom. The fourth-order valence-corrected chi connectivity index (χ4v) is 1.24. The Morgan fingerprint density at radius 3 is 2.85 bits per heavy atom. The van der Waals surface area contributed by atoms with Crippen LogP contribution < -0.4 is 17.0 Å². The molecule has 6 heteroatoms. The summed E-state index contributed by atoms with van der Waals surface area (Å²) in [5, 5.41) is 0.515. The average Bonchev–Trinajstić information content (AvgIpc) is 2.11. The van der Waals surface area contributed by atoms with Crippen LogP contribution in [0.15, 0.2) is 27.7 Å². The molecule has 1 aromatic carbocycles. The van der Waals surface area contributed by atoms with E-state index in [2.05, 4.69) is 26.3 Å². The lowest BCUT2D eigenvalue weighted by molar-refractivity contribution is 1.01. The van der Waals surface area contributed by atoms with Crippen molar-refractivity contribution >= 4 is 39.2 Å². The molecule has 0 fully saturated rings. The third kappa shape index (κ3) is 2.87. The van der Waals surface area contributed by atoms with E-state index in [1.54, 1.807) is 12.1 Å². The number of nitrogens with zero attached hydrogens (tertiary/aromatic N) is 1. The van der Waals surface area contributed by atoms with Crippen molar-refractivity contribution in [1.29, 1.82) is 0 Å². The second-order valence-electron chi connectivity index (χ2n) is 2.24. The van der Waals surface area contributed by atoms with Gasteiger partial charge in [-0.05, 0) is 18.2 Å². The van der Waals surface area contributed by atoms with Crippen molar-refractivity contribution in [2.75, 3.05) is 0 Å². The molecule has 0 radical (unpaired) electrons.